The highest BCUT2D eigenvalue weighted by Crippen LogP contribution is 2.31. The molecule has 35 heavy (non-hydrogen) atoms. The van der Waals surface area contributed by atoms with Crippen LogP contribution in [0.1, 0.15) is 44.0 Å². The molecule has 192 valence electrons. The number of carbonyl (C=O) groups excluding carboxylic acids is 4. The lowest BCUT2D eigenvalue weighted by Gasteiger charge is -2.29. The van der Waals surface area contributed by atoms with Gasteiger partial charge in [-0.25, -0.2) is 0 Å². The lowest BCUT2D eigenvalue weighted by molar-refractivity contribution is -0.138. The van der Waals surface area contributed by atoms with Gasteiger partial charge in [0.15, 0.2) is 5.78 Å². The Kier molecular flexibility index (Phi) is 8.17. The summed E-state index contributed by atoms with van der Waals surface area (Å²) < 4.78 is 0. The van der Waals surface area contributed by atoms with Crippen LogP contribution >= 0.6 is 0 Å². The van der Waals surface area contributed by atoms with Crippen LogP contribution < -0.4 is 16.0 Å². The molecule has 10 nitrogen and oxygen atoms in total. The predicted octanol–water partition coefficient (Wildman–Crippen LogP) is -0.0140. The second-order valence-electron chi connectivity index (χ2n) is 10.1. The van der Waals surface area contributed by atoms with Crippen molar-refractivity contribution in [3.8, 4) is 0 Å². The third-order valence-corrected chi connectivity index (χ3v) is 6.75. The third kappa shape index (κ3) is 5.65. The molecule has 0 bridgehead atoms. The number of hydrogen-bond acceptors (Lipinski definition) is 7. The van der Waals surface area contributed by atoms with Crippen molar-refractivity contribution in [2.24, 2.45) is 11.7 Å². The number of aliphatic hydroxyl groups excluding tert-OH is 1. The predicted molar refractivity (Wildman–Crippen MR) is 132 cm³/mol. The minimum Gasteiger partial charge on any atom is -0.391 e. The zero-order chi connectivity index (χ0) is 26.0. The number of benzene rings is 1. The lowest BCUT2D eigenvalue weighted by Crippen LogP contribution is -2.53. The fourth-order valence-electron chi connectivity index (χ4n) is 4.80. The fourth-order valence-corrected chi connectivity index (χ4v) is 4.80. The number of likely N-dealkylation sites (tertiary alicyclic amines) is 2. The summed E-state index contributed by atoms with van der Waals surface area (Å²) in [6.07, 6.45) is -0.194. The summed E-state index contributed by atoms with van der Waals surface area (Å²) in [4.78, 5) is 56.9. The van der Waals surface area contributed by atoms with E-state index in [0.717, 1.165) is 5.69 Å². The van der Waals surface area contributed by atoms with Crippen LogP contribution in [0.5, 0.6) is 0 Å². The molecule has 2 heterocycles. The molecular formula is C25H37N5O5. The van der Waals surface area contributed by atoms with E-state index in [4.69, 9.17) is 5.73 Å². The van der Waals surface area contributed by atoms with Crippen molar-refractivity contribution in [3.63, 3.8) is 0 Å². The molecular weight excluding hydrogens is 450 g/mol. The number of nitrogens with two attached hydrogens (primary N) is 1. The molecule has 1 aromatic carbocycles. The summed E-state index contributed by atoms with van der Waals surface area (Å²) >= 11 is 0. The Bertz CT molecular complexity index is 961. The van der Waals surface area contributed by atoms with E-state index in [1.807, 2.05) is 45.0 Å². The molecule has 0 aliphatic carbocycles. The quantitative estimate of drug-likeness (QED) is 0.469. The highest BCUT2D eigenvalue weighted by molar-refractivity contribution is 6.01. The van der Waals surface area contributed by atoms with Crippen molar-refractivity contribution in [2.45, 2.75) is 63.9 Å². The number of Topliss-reactive ketones (excluding diaryl/α,β-unsaturated/α-hetero) is 1. The summed E-state index contributed by atoms with van der Waals surface area (Å²) in [5, 5.41) is 12.6. The van der Waals surface area contributed by atoms with Crippen LogP contribution in [0, 0.1) is 5.92 Å². The van der Waals surface area contributed by atoms with Crippen LogP contribution in [-0.4, -0.2) is 95.9 Å². The molecule has 4 N–H and O–H groups in total. The van der Waals surface area contributed by atoms with Crippen molar-refractivity contribution in [3.05, 3.63) is 29.8 Å². The van der Waals surface area contributed by atoms with Gasteiger partial charge in [-0.15, -0.1) is 0 Å². The van der Waals surface area contributed by atoms with Crippen LogP contribution in [-0.2, 0) is 14.4 Å². The summed E-state index contributed by atoms with van der Waals surface area (Å²) in [5.74, 6) is -1.29. The van der Waals surface area contributed by atoms with Gasteiger partial charge in [-0.3, -0.25) is 19.2 Å². The minimum atomic E-state index is -1.13. The number of aliphatic hydroxyl groups is 1. The minimum absolute atomic E-state index is 0.125. The smallest absolute Gasteiger partial charge is 0.251 e. The van der Waals surface area contributed by atoms with Crippen molar-refractivity contribution in [2.75, 3.05) is 32.1 Å². The Morgan fingerprint density at radius 1 is 1.11 bits per heavy atom. The van der Waals surface area contributed by atoms with E-state index in [1.165, 1.54) is 16.7 Å². The zero-order valence-electron chi connectivity index (χ0n) is 21.1. The first kappa shape index (κ1) is 26.6. The van der Waals surface area contributed by atoms with Crippen molar-refractivity contribution < 1.29 is 24.3 Å². The molecule has 0 aromatic heterocycles. The van der Waals surface area contributed by atoms with Gasteiger partial charge in [-0.2, -0.15) is 0 Å². The van der Waals surface area contributed by atoms with Crippen molar-refractivity contribution >= 4 is 29.2 Å². The van der Waals surface area contributed by atoms with Gasteiger partial charge in [0.05, 0.1) is 18.7 Å². The average molecular weight is 488 g/mol. The van der Waals surface area contributed by atoms with Gasteiger partial charge >= 0.3 is 0 Å². The van der Waals surface area contributed by atoms with Crippen LogP contribution in [0.3, 0.4) is 0 Å². The Labute approximate surface area is 206 Å². The average Bonchev–Trinajstić information content (AvgIpc) is 3.38. The summed E-state index contributed by atoms with van der Waals surface area (Å²) in [7, 11) is 3.82. The summed E-state index contributed by atoms with van der Waals surface area (Å²) in [5.41, 5.74) is 7.21. The number of fused-ring (bicyclic) bond motifs is 1. The van der Waals surface area contributed by atoms with Crippen molar-refractivity contribution in [1.29, 1.82) is 0 Å². The number of anilines is 1. The Morgan fingerprint density at radius 3 is 2.29 bits per heavy atom. The maximum absolute atomic E-state index is 13.6. The van der Waals surface area contributed by atoms with Crippen LogP contribution in [0.25, 0.3) is 0 Å². The monoisotopic (exact) mass is 487 g/mol. The summed E-state index contributed by atoms with van der Waals surface area (Å²) in [6, 6.07) is 3.92. The van der Waals surface area contributed by atoms with E-state index < -0.39 is 36.2 Å². The molecule has 2 fully saturated rings. The highest BCUT2D eigenvalue weighted by atomic mass is 16.3. The Morgan fingerprint density at radius 2 is 1.74 bits per heavy atom. The number of rotatable bonds is 8. The normalized spacial score (nSPS) is 22.1. The molecule has 1 aromatic rings. The van der Waals surface area contributed by atoms with E-state index in [-0.39, 0.29) is 30.1 Å². The summed E-state index contributed by atoms with van der Waals surface area (Å²) in [6.45, 7) is 5.51. The number of carbonyl (C=O) groups is 4. The molecule has 3 rings (SSSR count). The SMILES string of the molecule is CC(C)C[C@H](NC(=O)c1ccc(N(C)C)cc1)C(=O)N1CC[C@@H]2[C@H]1C(=O)CN2C(=O)[C@@H](N)[C@@H](C)O. The highest BCUT2D eigenvalue weighted by Gasteiger charge is 2.52. The van der Waals surface area contributed by atoms with Crippen LogP contribution in [0.4, 0.5) is 5.69 Å². The molecule has 2 aliphatic heterocycles. The Balaban J connectivity index is 1.76. The number of nitrogens with one attached hydrogen (secondary N) is 1. The first-order chi connectivity index (χ1) is 16.4. The van der Waals surface area contributed by atoms with Gasteiger partial charge in [0.25, 0.3) is 5.91 Å². The van der Waals surface area contributed by atoms with Crippen molar-refractivity contribution in [1.82, 2.24) is 15.1 Å². The van der Waals surface area contributed by atoms with Gasteiger partial charge in [0, 0.05) is 31.9 Å². The van der Waals surface area contributed by atoms with E-state index in [2.05, 4.69) is 5.32 Å². The first-order valence-electron chi connectivity index (χ1n) is 12.1. The van der Waals surface area contributed by atoms with Crippen LogP contribution in [0.2, 0.25) is 0 Å². The van der Waals surface area contributed by atoms with Gasteiger partial charge in [-0.1, -0.05) is 13.8 Å². The second-order valence-corrected chi connectivity index (χ2v) is 10.1. The molecule has 2 saturated heterocycles. The number of hydrogen-bond donors (Lipinski definition) is 3. The van der Waals surface area contributed by atoms with Gasteiger partial charge in [-0.05, 0) is 49.9 Å². The molecule has 10 heteroatoms. The number of ketones is 1. The van der Waals surface area contributed by atoms with E-state index in [9.17, 15) is 24.3 Å². The maximum Gasteiger partial charge on any atom is 0.251 e. The molecule has 0 spiro atoms. The van der Waals surface area contributed by atoms with Gasteiger partial charge in [0.2, 0.25) is 11.8 Å². The molecule has 0 radical (unpaired) electrons. The lowest BCUT2D eigenvalue weighted by atomic mass is 10.0. The molecule has 2 aliphatic rings. The molecule has 0 unspecified atom stereocenters. The van der Waals surface area contributed by atoms with Gasteiger partial charge in [0.1, 0.15) is 18.1 Å². The maximum atomic E-state index is 13.6. The fraction of sp³-hybridized carbons (Fsp3) is 0.600. The molecule has 5 atom stereocenters. The molecule has 3 amide bonds. The number of amides is 3. The topological polar surface area (TPSA) is 136 Å². The van der Waals surface area contributed by atoms with E-state index in [0.29, 0.717) is 24.9 Å². The van der Waals surface area contributed by atoms with E-state index in [1.54, 1.807) is 12.1 Å². The molecule has 0 saturated carbocycles. The van der Waals surface area contributed by atoms with Gasteiger partial charge < -0.3 is 30.9 Å². The zero-order valence-corrected chi connectivity index (χ0v) is 21.1. The standard InChI is InChI=1S/C25H37N5O5/c1-14(2)12-18(27-23(33)16-6-8-17(9-7-16)28(4)5)24(34)29-11-10-19-22(29)20(32)13-30(19)25(35)21(26)15(3)31/h6-9,14-15,18-19,21-22,31H,10-13,26H2,1-5H3,(H,27,33)/t15-,18+,19-,21+,22+/m1/s1. The first-order valence-corrected chi connectivity index (χ1v) is 12.1. The second kappa shape index (κ2) is 10.7. The van der Waals surface area contributed by atoms with E-state index >= 15 is 0 Å². The van der Waals surface area contributed by atoms with Crippen LogP contribution in [0.15, 0.2) is 24.3 Å². The number of nitrogens with zero attached hydrogens (tertiary/aromatic N) is 3. The third-order valence-electron chi connectivity index (χ3n) is 6.75. The largest absolute Gasteiger partial charge is 0.391 e. The Hall–Kier alpha value is -2.98.